The van der Waals surface area contributed by atoms with E-state index in [1.807, 2.05) is 6.92 Å². The molecule has 1 aliphatic heterocycles. The molecule has 1 saturated heterocycles. The molecule has 0 spiro atoms. The highest BCUT2D eigenvalue weighted by molar-refractivity contribution is 7.18. The average Bonchev–Trinajstić information content (AvgIpc) is 2.83. The Hall–Kier alpha value is -1.73. The molecule has 6 nitrogen and oxygen atoms in total. The number of anilines is 1. The van der Waals surface area contributed by atoms with Crippen LogP contribution in [0.15, 0.2) is 0 Å². The molecule has 2 N–H and O–H groups in total. The number of carbonyl (C=O) groups excluding carboxylic acids is 1. The van der Waals surface area contributed by atoms with E-state index >= 15 is 0 Å². The smallest absolute Gasteiger partial charge is 0.309 e. The van der Waals surface area contributed by atoms with E-state index in [2.05, 4.69) is 28.7 Å². The van der Waals surface area contributed by atoms with Gasteiger partial charge in [0.15, 0.2) is 0 Å². The zero-order chi connectivity index (χ0) is 17.3. The average molecular weight is 348 g/mol. The summed E-state index contributed by atoms with van der Waals surface area (Å²) in [6, 6.07) is 0. The van der Waals surface area contributed by atoms with Crippen LogP contribution in [0.5, 0.6) is 0 Å². The molecule has 2 aromatic heterocycles. The molecule has 0 atom stereocenters. The van der Waals surface area contributed by atoms with Gasteiger partial charge in [-0.25, -0.2) is 9.97 Å². The van der Waals surface area contributed by atoms with Crippen molar-refractivity contribution in [3.05, 3.63) is 16.3 Å². The second-order valence-corrected chi connectivity index (χ2v) is 7.49. The molecule has 3 heterocycles. The summed E-state index contributed by atoms with van der Waals surface area (Å²) < 4.78 is 5.12. The van der Waals surface area contributed by atoms with Crippen LogP contribution in [0, 0.1) is 19.8 Å². The molecule has 0 aromatic carbocycles. The maximum absolute atomic E-state index is 11.8. The lowest BCUT2D eigenvalue weighted by molar-refractivity contribution is -0.149. The predicted octanol–water partition coefficient (Wildman–Crippen LogP) is 2.67. The number of esters is 1. The fourth-order valence-electron chi connectivity index (χ4n) is 3.18. The molecule has 1 aliphatic rings. The first-order valence-corrected chi connectivity index (χ1v) is 9.22. The van der Waals surface area contributed by atoms with Crippen LogP contribution in [-0.2, 0) is 16.1 Å². The molecule has 0 bridgehead atoms. The molecular formula is C17H24N4O2S. The van der Waals surface area contributed by atoms with Crippen LogP contribution in [0.25, 0.3) is 10.2 Å². The third-order valence-electron chi connectivity index (χ3n) is 4.68. The van der Waals surface area contributed by atoms with E-state index < -0.39 is 0 Å². The first-order chi connectivity index (χ1) is 11.5. The van der Waals surface area contributed by atoms with Gasteiger partial charge in [-0.05, 0) is 52.3 Å². The number of hydrogen-bond acceptors (Lipinski definition) is 7. The number of ether oxygens (including phenoxy) is 1. The number of fused-ring (bicyclic) bond motifs is 1. The number of piperidine rings is 1. The number of aryl methyl sites for hydroxylation is 2. The molecule has 130 valence electrons. The summed E-state index contributed by atoms with van der Waals surface area (Å²) in [7, 11) is 0. The Bertz CT molecular complexity index is 751. The molecule has 3 rings (SSSR count). The lowest BCUT2D eigenvalue weighted by Crippen LogP contribution is -2.36. The van der Waals surface area contributed by atoms with Crippen molar-refractivity contribution < 1.29 is 9.53 Å². The third kappa shape index (κ3) is 3.37. The highest BCUT2D eigenvalue weighted by atomic mass is 32.1. The van der Waals surface area contributed by atoms with Crippen LogP contribution < -0.4 is 5.73 Å². The number of nitrogens with zero attached hydrogens (tertiary/aromatic N) is 3. The van der Waals surface area contributed by atoms with Crippen LogP contribution >= 0.6 is 11.3 Å². The minimum absolute atomic E-state index is 0.0252. The Balaban J connectivity index is 1.67. The van der Waals surface area contributed by atoms with Gasteiger partial charge in [-0.1, -0.05) is 0 Å². The summed E-state index contributed by atoms with van der Waals surface area (Å²) in [4.78, 5) is 25.5. The third-order valence-corrected chi connectivity index (χ3v) is 5.78. The Morgan fingerprint density at radius 1 is 1.33 bits per heavy atom. The zero-order valence-corrected chi connectivity index (χ0v) is 15.3. The number of nitrogens with two attached hydrogens (primary N) is 1. The molecule has 7 heteroatoms. The standard InChI is InChI=1S/C17H24N4O2S/c1-4-23-17(22)12-5-7-21(8-6-12)9-13-19-15(18)14-10(2)11(3)24-16(14)20-13/h12H,4-9H2,1-3H3,(H2,18,19,20). The van der Waals surface area contributed by atoms with Gasteiger partial charge >= 0.3 is 5.97 Å². The van der Waals surface area contributed by atoms with Crippen LogP contribution in [0.3, 0.4) is 0 Å². The van der Waals surface area contributed by atoms with Gasteiger partial charge in [0.1, 0.15) is 16.5 Å². The Morgan fingerprint density at radius 2 is 2.04 bits per heavy atom. The van der Waals surface area contributed by atoms with Crippen molar-refractivity contribution in [2.75, 3.05) is 25.4 Å². The molecule has 2 aromatic rings. The van der Waals surface area contributed by atoms with Gasteiger partial charge in [0, 0.05) is 4.88 Å². The van der Waals surface area contributed by atoms with Crippen molar-refractivity contribution in [3.8, 4) is 0 Å². The summed E-state index contributed by atoms with van der Waals surface area (Å²) in [5.41, 5.74) is 7.32. The minimum atomic E-state index is -0.0661. The summed E-state index contributed by atoms with van der Waals surface area (Å²) in [6.45, 7) is 8.83. The number of carbonyl (C=O) groups is 1. The van der Waals surface area contributed by atoms with Gasteiger partial charge < -0.3 is 10.5 Å². The Labute approximate surface area is 146 Å². The van der Waals surface area contributed by atoms with E-state index in [1.54, 1.807) is 11.3 Å². The van der Waals surface area contributed by atoms with Gasteiger partial charge in [0.05, 0.1) is 24.5 Å². The van der Waals surface area contributed by atoms with E-state index in [4.69, 9.17) is 10.5 Å². The molecule has 0 radical (unpaired) electrons. The molecule has 1 fully saturated rings. The second-order valence-electron chi connectivity index (χ2n) is 6.29. The number of rotatable bonds is 4. The number of thiophene rings is 1. The highest BCUT2D eigenvalue weighted by Crippen LogP contribution is 2.32. The van der Waals surface area contributed by atoms with Crippen molar-refractivity contribution in [3.63, 3.8) is 0 Å². The van der Waals surface area contributed by atoms with Crippen molar-refractivity contribution >= 4 is 33.3 Å². The number of likely N-dealkylation sites (tertiary alicyclic amines) is 1. The minimum Gasteiger partial charge on any atom is -0.466 e. The Kier molecular flexibility index (Phi) is 5.01. The summed E-state index contributed by atoms with van der Waals surface area (Å²) in [6.07, 6.45) is 1.65. The van der Waals surface area contributed by atoms with Crippen LogP contribution in [0.2, 0.25) is 0 Å². The van der Waals surface area contributed by atoms with Crippen LogP contribution in [-0.4, -0.2) is 40.5 Å². The van der Waals surface area contributed by atoms with Crippen molar-refractivity contribution in [2.45, 2.75) is 40.2 Å². The largest absolute Gasteiger partial charge is 0.466 e. The summed E-state index contributed by atoms with van der Waals surface area (Å²) >= 11 is 1.67. The van der Waals surface area contributed by atoms with Crippen molar-refractivity contribution in [1.82, 2.24) is 14.9 Å². The molecule has 0 unspecified atom stereocenters. The summed E-state index contributed by atoms with van der Waals surface area (Å²) in [5.74, 6) is 1.29. The number of hydrogen-bond donors (Lipinski definition) is 1. The molecule has 0 saturated carbocycles. The van der Waals surface area contributed by atoms with Gasteiger partial charge in [0.25, 0.3) is 0 Å². The van der Waals surface area contributed by atoms with Gasteiger partial charge in [-0.3, -0.25) is 9.69 Å². The van der Waals surface area contributed by atoms with E-state index in [0.717, 1.165) is 42.0 Å². The normalized spacial score (nSPS) is 16.6. The monoisotopic (exact) mass is 348 g/mol. The van der Waals surface area contributed by atoms with Gasteiger partial charge in [0.2, 0.25) is 0 Å². The zero-order valence-electron chi connectivity index (χ0n) is 14.5. The van der Waals surface area contributed by atoms with E-state index in [9.17, 15) is 4.79 Å². The lowest BCUT2D eigenvalue weighted by Gasteiger charge is -2.30. The maximum atomic E-state index is 11.8. The van der Waals surface area contributed by atoms with Gasteiger partial charge in [-0.15, -0.1) is 11.3 Å². The Morgan fingerprint density at radius 3 is 2.71 bits per heavy atom. The van der Waals surface area contributed by atoms with E-state index in [0.29, 0.717) is 19.0 Å². The van der Waals surface area contributed by atoms with Gasteiger partial charge in [-0.2, -0.15) is 0 Å². The first-order valence-electron chi connectivity index (χ1n) is 8.40. The van der Waals surface area contributed by atoms with E-state index in [-0.39, 0.29) is 11.9 Å². The van der Waals surface area contributed by atoms with Crippen molar-refractivity contribution in [2.24, 2.45) is 5.92 Å². The quantitative estimate of drug-likeness (QED) is 0.856. The van der Waals surface area contributed by atoms with Crippen LogP contribution in [0.1, 0.15) is 36.0 Å². The van der Waals surface area contributed by atoms with Crippen molar-refractivity contribution in [1.29, 1.82) is 0 Å². The summed E-state index contributed by atoms with van der Waals surface area (Å²) in [5, 5.41) is 0.988. The lowest BCUT2D eigenvalue weighted by atomic mass is 9.97. The first kappa shape index (κ1) is 17.1. The highest BCUT2D eigenvalue weighted by Gasteiger charge is 2.26. The SMILES string of the molecule is CCOC(=O)C1CCN(Cc2nc(N)c3c(C)c(C)sc3n2)CC1. The molecule has 24 heavy (non-hydrogen) atoms. The molecular weight excluding hydrogens is 324 g/mol. The topological polar surface area (TPSA) is 81.3 Å². The maximum Gasteiger partial charge on any atom is 0.309 e. The number of nitrogen functional groups attached to an aromatic ring is 1. The predicted molar refractivity (Wildman–Crippen MR) is 95.9 cm³/mol. The number of aromatic nitrogens is 2. The molecule has 0 aliphatic carbocycles. The fourth-order valence-corrected chi connectivity index (χ4v) is 4.24. The van der Waals surface area contributed by atoms with E-state index in [1.165, 1.54) is 10.4 Å². The second kappa shape index (κ2) is 7.03. The fraction of sp³-hybridized carbons (Fsp3) is 0.588. The van der Waals surface area contributed by atoms with Crippen LogP contribution in [0.4, 0.5) is 5.82 Å². The molecule has 0 amide bonds.